The fourth-order valence-electron chi connectivity index (χ4n) is 3.08. The van der Waals surface area contributed by atoms with Crippen molar-refractivity contribution in [1.29, 1.82) is 0 Å². The zero-order valence-electron chi connectivity index (χ0n) is 13.3. The molecule has 4 rings (SSSR count). The van der Waals surface area contributed by atoms with Gasteiger partial charge in [-0.3, -0.25) is 5.10 Å². The van der Waals surface area contributed by atoms with Gasteiger partial charge in [-0.2, -0.15) is 0 Å². The smallest absolute Gasteiger partial charge is 0.214 e. The van der Waals surface area contributed by atoms with E-state index in [4.69, 9.17) is 0 Å². The van der Waals surface area contributed by atoms with E-state index in [2.05, 4.69) is 39.0 Å². The molecule has 3 aromatic heterocycles. The molecule has 0 aliphatic heterocycles. The van der Waals surface area contributed by atoms with Crippen molar-refractivity contribution >= 4 is 33.3 Å². The molecule has 0 radical (unpaired) electrons. The van der Waals surface area contributed by atoms with Gasteiger partial charge in [-0.05, 0) is 48.9 Å². The molecule has 23 heavy (non-hydrogen) atoms. The Hall–Kier alpha value is -1.47. The number of rotatable bonds is 4. The van der Waals surface area contributed by atoms with E-state index in [9.17, 15) is 0 Å². The lowest BCUT2D eigenvalue weighted by Gasteiger charge is -2.17. The van der Waals surface area contributed by atoms with Gasteiger partial charge in [0, 0.05) is 16.7 Å². The SMILES string of the molecule is CCCc1nc(Sc2ncnc3sc4c(c23)CCC(C)C4)n[nH]1. The normalized spacial score (nSPS) is 17.6. The number of hydrogen-bond donors (Lipinski definition) is 1. The molecule has 3 aromatic rings. The minimum atomic E-state index is 0.748. The molecule has 0 aromatic carbocycles. The second kappa shape index (κ2) is 6.20. The number of aromatic nitrogens is 5. The van der Waals surface area contributed by atoms with Crippen LogP contribution in [0.4, 0.5) is 0 Å². The summed E-state index contributed by atoms with van der Waals surface area (Å²) in [5, 5.41) is 10.3. The monoisotopic (exact) mass is 345 g/mol. The largest absolute Gasteiger partial charge is 0.262 e. The minimum absolute atomic E-state index is 0.748. The maximum Gasteiger partial charge on any atom is 0.214 e. The van der Waals surface area contributed by atoms with Crippen LogP contribution in [-0.4, -0.2) is 25.1 Å². The maximum atomic E-state index is 4.55. The summed E-state index contributed by atoms with van der Waals surface area (Å²) in [5.74, 6) is 1.71. The van der Waals surface area contributed by atoms with Gasteiger partial charge in [0.2, 0.25) is 5.16 Å². The number of H-pyrrole nitrogens is 1. The average molecular weight is 345 g/mol. The van der Waals surface area contributed by atoms with Gasteiger partial charge < -0.3 is 0 Å². The molecule has 0 bridgehead atoms. The molecule has 5 nitrogen and oxygen atoms in total. The summed E-state index contributed by atoms with van der Waals surface area (Å²) in [6.07, 6.45) is 7.20. The van der Waals surface area contributed by atoms with Crippen molar-refractivity contribution < 1.29 is 0 Å². The van der Waals surface area contributed by atoms with Gasteiger partial charge in [-0.1, -0.05) is 13.8 Å². The first-order valence-corrected chi connectivity index (χ1v) is 9.72. The van der Waals surface area contributed by atoms with E-state index in [1.54, 1.807) is 18.1 Å². The molecule has 7 heteroatoms. The van der Waals surface area contributed by atoms with Crippen molar-refractivity contribution in [3.63, 3.8) is 0 Å². The molecule has 0 saturated heterocycles. The van der Waals surface area contributed by atoms with Crippen LogP contribution in [0.5, 0.6) is 0 Å². The van der Waals surface area contributed by atoms with Crippen molar-refractivity contribution in [3.8, 4) is 0 Å². The summed E-state index contributed by atoms with van der Waals surface area (Å²) >= 11 is 3.37. The number of hydrogen-bond acceptors (Lipinski definition) is 6. The number of aromatic amines is 1. The molecule has 0 spiro atoms. The van der Waals surface area contributed by atoms with Crippen LogP contribution in [0.15, 0.2) is 16.5 Å². The Bertz CT molecular complexity index is 838. The van der Waals surface area contributed by atoms with Gasteiger partial charge in [0.15, 0.2) is 0 Å². The van der Waals surface area contributed by atoms with Crippen LogP contribution in [0, 0.1) is 5.92 Å². The van der Waals surface area contributed by atoms with Crippen LogP contribution in [0.25, 0.3) is 10.2 Å². The third kappa shape index (κ3) is 2.87. The van der Waals surface area contributed by atoms with Crippen LogP contribution in [0.3, 0.4) is 0 Å². The van der Waals surface area contributed by atoms with Crippen LogP contribution < -0.4 is 0 Å². The van der Waals surface area contributed by atoms with Crippen molar-refractivity contribution in [2.75, 3.05) is 0 Å². The van der Waals surface area contributed by atoms with E-state index in [1.807, 2.05) is 11.3 Å². The van der Waals surface area contributed by atoms with Crippen LogP contribution in [0.1, 0.15) is 43.0 Å². The fraction of sp³-hybridized carbons (Fsp3) is 0.500. The summed E-state index contributed by atoms with van der Waals surface area (Å²) in [4.78, 5) is 16.2. The molecule has 0 fully saturated rings. The quantitative estimate of drug-likeness (QED) is 0.723. The number of nitrogens with one attached hydrogen (secondary N) is 1. The number of thiophene rings is 1. The Kier molecular flexibility index (Phi) is 4.07. The minimum Gasteiger partial charge on any atom is -0.262 e. The predicted molar refractivity (Wildman–Crippen MR) is 93.1 cm³/mol. The van der Waals surface area contributed by atoms with Gasteiger partial charge in [-0.25, -0.2) is 15.0 Å². The van der Waals surface area contributed by atoms with Crippen molar-refractivity contribution in [2.45, 2.75) is 56.1 Å². The fourth-order valence-corrected chi connectivity index (χ4v) is 5.34. The molecule has 1 aliphatic rings. The lowest BCUT2D eigenvalue weighted by atomic mass is 9.89. The molecule has 0 saturated carbocycles. The molecular formula is C16H19N5S2. The molecule has 3 heterocycles. The van der Waals surface area contributed by atoms with Gasteiger partial charge in [-0.15, -0.1) is 16.4 Å². The predicted octanol–water partition coefficient (Wildman–Crippen LogP) is 4.04. The molecule has 1 unspecified atom stereocenters. The Morgan fingerprint density at radius 1 is 1.39 bits per heavy atom. The number of nitrogens with zero attached hydrogens (tertiary/aromatic N) is 4. The lowest BCUT2D eigenvalue weighted by molar-refractivity contribution is 0.509. The Morgan fingerprint density at radius 2 is 2.30 bits per heavy atom. The van der Waals surface area contributed by atoms with Crippen LogP contribution in [-0.2, 0) is 19.3 Å². The number of aryl methyl sites for hydroxylation is 2. The van der Waals surface area contributed by atoms with E-state index < -0.39 is 0 Å². The van der Waals surface area contributed by atoms with Gasteiger partial charge in [0.25, 0.3) is 0 Å². The molecule has 120 valence electrons. The van der Waals surface area contributed by atoms with E-state index in [0.29, 0.717) is 0 Å². The van der Waals surface area contributed by atoms with Gasteiger partial charge >= 0.3 is 0 Å². The summed E-state index contributed by atoms with van der Waals surface area (Å²) < 4.78 is 0. The molecule has 1 atom stereocenters. The first-order valence-electron chi connectivity index (χ1n) is 8.09. The average Bonchev–Trinajstić information content (AvgIpc) is 3.11. The second-order valence-electron chi connectivity index (χ2n) is 6.13. The number of fused-ring (bicyclic) bond motifs is 3. The summed E-state index contributed by atoms with van der Waals surface area (Å²) in [7, 11) is 0. The van der Waals surface area contributed by atoms with Gasteiger partial charge in [0.1, 0.15) is 22.0 Å². The van der Waals surface area contributed by atoms with Crippen LogP contribution in [0.2, 0.25) is 0 Å². The topological polar surface area (TPSA) is 67.3 Å². The zero-order valence-corrected chi connectivity index (χ0v) is 14.9. The van der Waals surface area contributed by atoms with E-state index in [0.717, 1.165) is 46.0 Å². The van der Waals surface area contributed by atoms with E-state index in [-0.39, 0.29) is 0 Å². The highest BCUT2D eigenvalue weighted by molar-refractivity contribution is 7.99. The van der Waals surface area contributed by atoms with Crippen molar-refractivity contribution in [3.05, 3.63) is 22.6 Å². The Morgan fingerprint density at radius 3 is 3.17 bits per heavy atom. The summed E-state index contributed by atoms with van der Waals surface area (Å²) in [6, 6.07) is 0. The van der Waals surface area contributed by atoms with Crippen LogP contribution >= 0.6 is 23.1 Å². The second-order valence-corrected chi connectivity index (χ2v) is 8.17. The van der Waals surface area contributed by atoms with Crippen molar-refractivity contribution in [1.82, 2.24) is 25.1 Å². The highest BCUT2D eigenvalue weighted by Gasteiger charge is 2.23. The third-order valence-electron chi connectivity index (χ3n) is 4.24. The third-order valence-corrected chi connectivity index (χ3v) is 6.27. The highest BCUT2D eigenvalue weighted by Crippen LogP contribution is 2.41. The summed E-state index contributed by atoms with van der Waals surface area (Å²) in [6.45, 7) is 4.47. The molecule has 1 N–H and O–H groups in total. The van der Waals surface area contributed by atoms with E-state index in [1.165, 1.54) is 28.7 Å². The Labute approximate surface area is 143 Å². The maximum absolute atomic E-state index is 4.55. The first-order chi connectivity index (χ1) is 11.2. The first kappa shape index (κ1) is 15.1. The summed E-state index contributed by atoms with van der Waals surface area (Å²) in [5.41, 5.74) is 1.45. The lowest BCUT2D eigenvalue weighted by Crippen LogP contribution is -2.08. The van der Waals surface area contributed by atoms with E-state index >= 15 is 0 Å². The molecular weight excluding hydrogens is 326 g/mol. The Balaban J connectivity index is 1.71. The standard InChI is InChI=1S/C16H19N5S2/c1-3-4-12-19-16(21-20-12)23-15-13-10-6-5-9(2)7-11(10)22-14(13)17-8-18-15/h8-9H,3-7H2,1-2H3,(H,19,20,21). The highest BCUT2D eigenvalue weighted by atomic mass is 32.2. The van der Waals surface area contributed by atoms with Crippen molar-refractivity contribution in [2.24, 2.45) is 5.92 Å². The molecule has 0 amide bonds. The van der Waals surface area contributed by atoms with Gasteiger partial charge in [0.05, 0.1) is 0 Å². The molecule has 1 aliphatic carbocycles. The zero-order chi connectivity index (χ0) is 15.8.